The first-order chi connectivity index (χ1) is 18.9. The van der Waals surface area contributed by atoms with Crippen LogP contribution in [0.5, 0.6) is 0 Å². The number of hydrogen-bond acceptors (Lipinski definition) is 2. The number of nitrogens with zero attached hydrogens (tertiary/aromatic N) is 2. The summed E-state index contributed by atoms with van der Waals surface area (Å²) in [6.07, 6.45) is 14.6. The molecule has 0 saturated carbocycles. The number of hydrogen-bond donors (Lipinski definition) is 0. The number of anilines is 2. The van der Waals surface area contributed by atoms with E-state index >= 15 is 17.6 Å². The molecule has 0 aromatic heterocycles. The number of halogens is 6. The van der Waals surface area contributed by atoms with Crippen molar-refractivity contribution < 1.29 is 34.2 Å². The van der Waals surface area contributed by atoms with Gasteiger partial charge in [0.2, 0.25) is 0 Å². The summed E-state index contributed by atoms with van der Waals surface area (Å²) in [4.78, 5) is 3.66. The van der Waals surface area contributed by atoms with Crippen LogP contribution in [-0.4, -0.2) is 37.9 Å². The molecule has 2 fully saturated rings. The van der Waals surface area contributed by atoms with E-state index in [-0.39, 0.29) is 30.9 Å². The summed E-state index contributed by atoms with van der Waals surface area (Å²) >= 11 is 7.21. The summed E-state index contributed by atoms with van der Waals surface area (Å²) in [5.74, 6) is -1.63. The van der Waals surface area contributed by atoms with Crippen LogP contribution in [0, 0.1) is 35.1 Å². The molecular weight excluding hydrogens is 583 g/mol. The van der Waals surface area contributed by atoms with Gasteiger partial charge in [-0.25, -0.2) is 0 Å². The second-order valence-electron chi connectivity index (χ2n) is 10.8. The molecule has 2 heterocycles. The molecule has 2 aromatic rings. The summed E-state index contributed by atoms with van der Waals surface area (Å²) in [6, 6.07) is 5.38. The Morgan fingerprint density at radius 2 is 0.974 bits per heavy atom. The van der Waals surface area contributed by atoms with E-state index in [4.69, 9.17) is 23.2 Å². The zero-order chi connectivity index (χ0) is 27.3. The van der Waals surface area contributed by atoms with E-state index in [2.05, 4.69) is 0 Å². The molecule has 6 rings (SSSR count). The van der Waals surface area contributed by atoms with Crippen LogP contribution in [0.25, 0.3) is 0 Å². The van der Waals surface area contributed by atoms with Gasteiger partial charge in [0.15, 0.2) is 0 Å². The van der Waals surface area contributed by atoms with E-state index in [1.165, 1.54) is 24.3 Å². The van der Waals surface area contributed by atoms with E-state index in [1.807, 2.05) is 34.1 Å². The number of rotatable bonds is 8. The summed E-state index contributed by atoms with van der Waals surface area (Å²) in [7, 11) is 0. The molecule has 2 aromatic carbocycles. The van der Waals surface area contributed by atoms with Gasteiger partial charge in [0.1, 0.15) is 0 Å². The molecule has 0 radical (unpaired) electrons. The normalized spacial score (nSPS) is 19.9. The Labute approximate surface area is 239 Å². The van der Waals surface area contributed by atoms with Gasteiger partial charge in [-0.2, -0.15) is 0 Å². The van der Waals surface area contributed by atoms with E-state index in [9.17, 15) is 0 Å². The van der Waals surface area contributed by atoms with Crippen LogP contribution in [0.15, 0.2) is 72.9 Å². The Hall–Kier alpha value is -1.99. The second-order valence-corrected chi connectivity index (χ2v) is 17.8. The molecule has 2 aliphatic heterocycles. The third kappa shape index (κ3) is 4.34. The van der Waals surface area contributed by atoms with Gasteiger partial charge < -0.3 is 0 Å². The fraction of sp³-hybridized carbons (Fsp3) is 0.333. The van der Waals surface area contributed by atoms with Crippen molar-refractivity contribution in [2.75, 3.05) is 47.7 Å². The maximum atomic E-state index is 16.8. The van der Waals surface area contributed by atoms with Crippen molar-refractivity contribution in [2.24, 2.45) is 11.8 Å². The Morgan fingerprint density at radius 3 is 1.31 bits per heavy atom. The van der Waals surface area contributed by atoms with E-state index in [0.29, 0.717) is 37.9 Å². The van der Waals surface area contributed by atoms with Crippen LogP contribution >= 0.6 is 23.2 Å². The summed E-state index contributed by atoms with van der Waals surface area (Å²) < 4.78 is 64.5. The van der Waals surface area contributed by atoms with Gasteiger partial charge >= 0.3 is 241 Å². The monoisotopic (exact) mass is 610 g/mol. The van der Waals surface area contributed by atoms with Crippen molar-refractivity contribution in [3.63, 3.8) is 0 Å². The average Bonchev–Trinajstić information content (AvgIpc) is 3.59. The second kappa shape index (κ2) is 10.8. The summed E-state index contributed by atoms with van der Waals surface area (Å²) in [5, 5.41) is 0. The molecule has 0 atom stereocenters. The van der Waals surface area contributed by atoms with Crippen molar-refractivity contribution in [2.45, 2.75) is 8.45 Å². The van der Waals surface area contributed by atoms with E-state index in [0.717, 1.165) is 0 Å². The molecule has 0 unspecified atom stereocenters. The molecule has 0 amide bonds. The quantitative estimate of drug-likeness (QED) is 0.191. The molecule has 39 heavy (non-hydrogen) atoms. The zero-order valence-electron chi connectivity index (χ0n) is 21.1. The Morgan fingerprint density at radius 1 is 0.615 bits per heavy atom. The topological polar surface area (TPSA) is 6.48 Å². The van der Waals surface area contributed by atoms with E-state index < -0.39 is 48.3 Å². The predicted molar refractivity (Wildman–Crippen MR) is 149 cm³/mol. The standard InChI is InChI=1S/2C10H9ClF2N.2C5H5.Ti/c2*11-4-7-5-14(6-7)10-2-1-8(12)3-9(10)13;2*1-2-4-5-3-1;/h2*1-2,7H,4-6H2;2*1-5H;. The maximum absolute atomic E-state index is 16.8. The van der Waals surface area contributed by atoms with Gasteiger partial charge in [0, 0.05) is 0 Å². The predicted octanol–water partition coefficient (Wildman–Crippen LogP) is 6.53. The number of alkyl halides is 2. The number of allylic oxidation sites excluding steroid dienone is 8. The first-order valence-electron chi connectivity index (χ1n) is 13.2. The van der Waals surface area contributed by atoms with Gasteiger partial charge in [-0.3, -0.25) is 0 Å². The molecule has 2 aliphatic carbocycles. The Balaban J connectivity index is 1.62. The molecule has 4 aliphatic rings. The molecule has 204 valence electrons. The van der Waals surface area contributed by atoms with E-state index in [1.54, 1.807) is 24.3 Å². The fourth-order valence-electron chi connectivity index (χ4n) is 6.54. The van der Waals surface area contributed by atoms with Gasteiger partial charge in [-0.1, -0.05) is 0 Å². The summed E-state index contributed by atoms with van der Waals surface area (Å²) in [6.45, 7) is 2.19. The summed E-state index contributed by atoms with van der Waals surface area (Å²) in [5.41, 5.74) is 0.508. The van der Waals surface area contributed by atoms with Crippen LogP contribution in [0.2, 0.25) is 8.45 Å². The van der Waals surface area contributed by atoms with Crippen LogP contribution in [0.1, 0.15) is 0 Å². The van der Waals surface area contributed by atoms with Crippen LogP contribution in [0.3, 0.4) is 0 Å². The van der Waals surface area contributed by atoms with Crippen LogP contribution < -0.4 is 17.5 Å². The fourth-order valence-corrected chi connectivity index (χ4v) is 15.7. The average molecular weight is 611 g/mol. The minimum atomic E-state index is -4.77. The molecule has 0 N–H and O–H groups in total. The van der Waals surface area contributed by atoms with Gasteiger partial charge in [-0.05, 0) is 0 Å². The molecule has 9 heteroatoms. The first kappa shape index (κ1) is 27.2. The van der Waals surface area contributed by atoms with Crippen molar-refractivity contribution >= 4 is 42.3 Å². The van der Waals surface area contributed by atoms with Gasteiger partial charge in [0.25, 0.3) is 0 Å². The van der Waals surface area contributed by atoms with Crippen molar-refractivity contribution in [1.29, 1.82) is 0 Å². The third-order valence-electron chi connectivity index (χ3n) is 8.55. The molecule has 0 spiro atoms. The zero-order valence-corrected chi connectivity index (χ0v) is 24.2. The molecule has 2 nitrogen and oxygen atoms in total. The third-order valence-corrected chi connectivity index (χ3v) is 17.9. The molecule has 2 saturated heterocycles. The van der Waals surface area contributed by atoms with Gasteiger partial charge in [0.05, 0.1) is 0 Å². The first-order valence-corrected chi connectivity index (χ1v) is 17.6. The SMILES string of the molecule is Fc1ccc(N2CC(CCl)C2)c(F)[c]1[Ti]([c]1c(F)ccc(N2CC(CCl)C2)c1F)([CH]1C=CC=C1)[CH]1C=CC=C1. The van der Waals surface area contributed by atoms with Crippen molar-refractivity contribution in [3.05, 3.63) is 96.1 Å². The van der Waals surface area contributed by atoms with Crippen LogP contribution in [-0.2, 0) is 16.6 Å². The number of benzene rings is 2. The van der Waals surface area contributed by atoms with Gasteiger partial charge in [-0.15, -0.1) is 0 Å². The molecular formula is C30H28Cl2F4N2Ti. The van der Waals surface area contributed by atoms with Crippen molar-refractivity contribution in [1.82, 2.24) is 0 Å². The molecule has 0 bridgehead atoms. The Bertz CT molecular complexity index is 1270. The van der Waals surface area contributed by atoms with Crippen molar-refractivity contribution in [3.8, 4) is 0 Å². The van der Waals surface area contributed by atoms with Crippen LogP contribution in [0.4, 0.5) is 28.9 Å². The minimum absolute atomic E-state index is 0.151. The Kier molecular flexibility index (Phi) is 7.51.